The van der Waals surface area contributed by atoms with Gasteiger partial charge in [0, 0.05) is 0 Å². The first-order chi connectivity index (χ1) is 5.77. The van der Waals surface area contributed by atoms with Crippen LogP contribution in [0.3, 0.4) is 0 Å². The van der Waals surface area contributed by atoms with Crippen LogP contribution in [0.15, 0.2) is 0 Å². The van der Waals surface area contributed by atoms with E-state index in [4.69, 9.17) is 4.74 Å². The standard InChI is InChI=1S/C10H16O2/c1-7-6-8-4-2-3-5-9(8)12-10(7)11/h7-9H,2-6H2,1H3/t7-,8-,9-/m0/s1. The second-order valence-corrected chi connectivity index (χ2v) is 4.16. The van der Waals surface area contributed by atoms with Crippen LogP contribution in [0.1, 0.15) is 39.0 Å². The number of ether oxygens (including phenoxy) is 1. The van der Waals surface area contributed by atoms with Crippen LogP contribution in [0, 0.1) is 11.8 Å². The van der Waals surface area contributed by atoms with E-state index in [-0.39, 0.29) is 18.0 Å². The van der Waals surface area contributed by atoms with Crippen molar-refractivity contribution in [2.45, 2.75) is 45.1 Å². The van der Waals surface area contributed by atoms with Gasteiger partial charge in [0.15, 0.2) is 0 Å². The SMILES string of the molecule is C[C@H]1C[C@@H]2CCCC[C@@H]2OC1=O. The number of esters is 1. The highest BCUT2D eigenvalue weighted by Crippen LogP contribution is 2.35. The van der Waals surface area contributed by atoms with E-state index in [1.807, 2.05) is 6.92 Å². The lowest BCUT2D eigenvalue weighted by Crippen LogP contribution is -2.38. The number of hydrogen-bond donors (Lipinski definition) is 0. The van der Waals surface area contributed by atoms with Gasteiger partial charge < -0.3 is 4.74 Å². The molecule has 1 aliphatic heterocycles. The summed E-state index contributed by atoms with van der Waals surface area (Å²) in [7, 11) is 0. The molecule has 0 radical (unpaired) electrons. The summed E-state index contributed by atoms with van der Waals surface area (Å²) >= 11 is 0. The maximum absolute atomic E-state index is 11.2. The molecule has 68 valence electrons. The largest absolute Gasteiger partial charge is 0.462 e. The molecule has 3 atom stereocenters. The van der Waals surface area contributed by atoms with Gasteiger partial charge in [-0.15, -0.1) is 0 Å². The molecule has 2 aliphatic rings. The second kappa shape index (κ2) is 3.08. The monoisotopic (exact) mass is 168 g/mol. The van der Waals surface area contributed by atoms with Crippen LogP contribution in [0.4, 0.5) is 0 Å². The fraction of sp³-hybridized carbons (Fsp3) is 0.900. The van der Waals surface area contributed by atoms with Crippen LogP contribution in [0.5, 0.6) is 0 Å². The lowest BCUT2D eigenvalue weighted by molar-refractivity contribution is -0.167. The van der Waals surface area contributed by atoms with Crippen molar-refractivity contribution in [3.05, 3.63) is 0 Å². The molecule has 2 fully saturated rings. The first-order valence-electron chi connectivity index (χ1n) is 4.98. The molecule has 0 spiro atoms. The molecule has 2 rings (SSSR count). The van der Waals surface area contributed by atoms with E-state index in [1.54, 1.807) is 0 Å². The van der Waals surface area contributed by atoms with E-state index in [1.165, 1.54) is 19.3 Å². The lowest BCUT2D eigenvalue weighted by Gasteiger charge is -2.37. The molecule has 0 bridgehead atoms. The van der Waals surface area contributed by atoms with Crippen molar-refractivity contribution in [2.75, 3.05) is 0 Å². The Balaban J connectivity index is 2.02. The van der Waals surface area contributed by atoms with Gasteiger partial charge in [-0.3, -0.25) is 4.79 Å². The molecular weight excluding hydrogens is 152 g/mol. The van der Waals surface area contributed by atoms with Crippen molar-refractivity contribution in [1.82, 2.24) is 0 Å². The van der Waals surface area contributed by atoms with Crippen LogP contribution in [-0.4, -0.2) is 12.1 Å². The minimum absolute atomic E-state index is 0.0261. The number of carbonyl (C=O) groups is 1. The van der Waals surface area contributed by atoms with Gasteiger partial charge in [0.1, 0.15) is 6.10 Å². The number of fused-ring (bicyclic) bond motifs is 1. The summed E-state index contributed by atoms with van der Waals surface area (Å²) in [5.74, 6) is 0.842. The van der Waals surface area contributed by atoms with Gasteiger partial charge in [-0.2, -0.15) is 0 Å². The van der Waals surface area contributed by atoms with E-state index in [9.17, 15) is 4.79 Å². The minimum Gasteiger partial charge on any atom is -0.462 e. The van der Waals surface area contributed by atoms with E-state index >= 15 is 0 Å². The van der Waals surface area contributed by atoms with E-state index < -0.39 is 0 Å². The van der Waals surface area contributed by atoms with E-state index in [0.29, 0.717) is 5.92 Å². The molecule has 0 aromatic carbocycles. The summed E-state index contributed by atoms with van der Waals surface area (Å²) in [6.07, 6.45) is 6.26. The van der Waals surface area contributed by atoms with Crippen LogP contribution in [0.2, 0.25) is 0 Å². The molecule has 1 aliphatic carbocycles. The molecule has 0 amide bonds. The van der Waals surface area contributed by atoms with Gasteiger partial charge in [-0.25, -0.2) is 0 Å². The summed E-state index contributed by atoms with van der Waals surface area (Å²) < 4.78 is 5.36. The molecule has 12 heavy (non-hydrogen) atoms. The Morgan fingerprint density at radius 1 is 1.33 bits per heavy atom. The van der Waals surface area contributed by atoms with Gasteiger partial charge in [-0.1, -0.05) is 13.3 Å². The van der Waals surface area contributed by atoms with Crippen LogP contribution < -0.4 is 0 Å². The van der Waals surface area contributed by atoms with Gasteiger partial charge in [0.2, 0.25) is 0 Å². The van der Waals surface area contributed by atoms with Crippen LogP contribution in [0.25, 0.3) is 0 Å². The van der Waals surface area contributed by atoms with Crippen molar-refractivity contribution < 1.29 is 9.53 Å². The van der Waals surface area contributed by atoms with Gasteiger partial charge in [0.25, 0.3) is 0 Å². The van der Waals surface area contributed by atoms with Crippen molar-refractivity contribution in [3.63, 3.8) is 0 Å². The third kappa shape index (κ3) is 1.35. The topological polar surface area (TPSA) is 26.3 Å². The average molecular weight is 168 g/mol. The molecule has 0 aromatic heterocycles. The smallest absolute Gasteiger partial charge is 0.308 e. The molecule has 1 saturated heterocycles. The summed E-state index contributed by atoms with van der Waals surface area (Å²) in [6, 6.07) is 0. The van der Waals surface area contributed by atoms with E-state index in [0.717, 1.165) is 12.8 Å². The molecule has 2 heteroatoms. The van der Waals surface area contributed by atoms with Gasteiger partial charge >= 0.3 is 5.97 Å². The van der Waals surface area contributed by atoms with Crippen molar-refractivity contribution >= 4 is 5.97 Å². The van der Waals surface area contributed by atoms with Crippen LogP contribution in [-0.2, 0) is 9.53 Å². The Labute approximate surface area is 73.3 Å². The Kier molecular flexibility index (Phi) is 2.07. The highest BCUT2D eigenvalue weighted by molar-refractivity contribution is 5.73. The fourth-order valence-electron chi connectivity index (χ4n) is 2.41. The highest BCUT2D eigenvalue weighted by Gasteiger charge is 2.36. The summed E-state index contributed by atoms with van der Waals surface area (Å²) in [4.78, 5) is 11.2. The van der Waals surface area contributed by atoms with Crippen molar-refractivity contribution in [3.8, 4) is 0 Å². The highest BCUT2D eigenvalue weighted by atomic mass is 16.5. The third-order valence-corrected chi connectivity index (χ3v) is 3.17. The summed E-state index contributed by atoms with van der Waals surface area (Å²) in [5, 5.41) is 0. The zero-order valence-corrected chi connectivity index (χ0v) is 7.58. The predicted molar refractivity (Wildman–Crippen MR) is 45.6 cm³/mol. The molecule has 0 unspecified atom stereocenters. The summed E-state index contributed by atoms with van der Waals surface area (Å²) in [6.45, 7) is 1.98. The Hall–Kier alpha value is -0.530. The molecular formula is C10H16O2. The molecule has 0 aromatic rings. The zero-order chi connectivity index (χ0) is 8.55. The van der Waals surface area contributed by atoms with Crippen molar-refractivity contribution in [2.24, 2.45) is 11.8 Å². The zero-order valence-electron chi connectivity index (χ0n) is 7.58. The first-order valence-corrected chi connectivity index (χ1v) is 4.98. The Morgan fingerprint density at radius 3 is 2.92 bits per heavy atom. The number of rotatable bonds is 0. The van der Waals surface area contributed by atoms with E-state index in [2.05, 4.69) is 0 Å². The van der Waals surface area contributed by atoms with Crippen LogP contribution >= 0.6 is 0 Å². The molecule has 0 N–H and O–H groups in total. The van der Waals surface area contributed by atoms with Gasteiger partial charge in [0.05, 0.1) is 5.92 Å². The summed E-state index contributed by atoms with van der Waals surface area (Å²) in [5.41, 5.74) is 0. The third-order valence-electron chi connectivity index (χ3n) is 3.17. The molecule has 1 saturated carbocycles. The lowest BCUT2D eigenvalue weighted by atomic mass is 9.79. The maximum atomic E-state index is 11.2. The molecule has 1 heterocycles. The average Bonchev–Trinajstić information content (AvgIpc) is 2.07. The Morgan fingerprint density at radius 2 is 2.08 bits per heavy atom. The van der Waals surface area contributed by atoms with Crippen molar-refractivity contribution in [1.29, 1.82) is 0 Å². The Bertz CT molecular complexity index is 188. The maximum Gasteiger partial charge on any atom is 0.308 e. The molecule has 2 nitrogen and oxygen atoms in total. The number of hydrogen-bond acceptors (Lipinski definition) is 2. The quantitative estimate of drug-likeness (QED) is 0.518. The predicted octanol–water partition coefficient (Wildman–Crippen LogP) is 2.13. The minimum atomic E-state index is 0.0261. The van der Waals surface area contributed by atoms with Gasteiger partial charge in [-0.05, 0) is 31.6 Å². The fourth-order valence-corrected chi connectivity index (χ4v) is 2.41. The normalized spacial score (nSPS) is 41.8. The first kappa shape index (κ1) is 8.09. The second-order valence-electron chi connectivity index (χ2n) is 4.16. The number of carbonyl (C=O) groups excluding carboxylic acids is 1.